The molecule has 0 aliphatic carbocycles. The number of rotatable bonds is 5. The van der Waals surface area contributed by atoms with Crippen LogP contribution in [0.1, 0.15) is 18.9 Å². The van der Waals surface area contributed by atoms with Gasteiger partial charge in [-0.1, -0.05) is 19.1 Å². The van der Waals surface area contributed by atoms with E-state index in [1.165, 1.54) is 12.1 Å². The van der Waals surface area contributed by atoms with Gasteiger partial charge in [0.25, 0.3) is 0 Å². The van der Waals surface area contributed by atoms with Gasteiger partial charge in [-0.15, -0.1) is 0 Å². The van der Waals surface area contributed by atoms with Gasteiger partial charge in [0.2, 0.25) is 0 Å². The van der Waals surface area contributed by atoms with Crippen molar-refractivity contribution in [1.29, 1.82) is 0 Å². The van der Waals surface area contributed by atoms with Crippen LogP contribution in [0.2, 0.25) is 0 Å². The van der Waals surface area contributed by atoms with Gasteiger partial charge in [0.15, 0.2) is 0 Å². The number of nitrogens with two attached hydrogens (primary N) is 1. The molecule has 0 saturated heterocycles. The van der Waals surface area contributed by atoms with E-state index < -0.39 is 5.54 Å². The van der Waals surface area contributed by atoms with Crippen LogP contribution in [0, 0.1) is 5.82 Å². The van der Waals surface area contributed by atoms with Gasteiger partial charge >= 0.3 is 0 Å². The lowest BCUT2D eigenvalue weighted by Crippen LogP contribution is -2.45. The Bertz CT molecular complexity index is 316. The largest absolute Gasteiger partial charge is 0.383 e. The maximum absolute atomic E-state index is 13.0. The Morgan fingerprint density at radius 1 is 1.47 bits per heavy atom. The van der Waals surface area contributed by atoms with Gasteiger partial charge in [-0.3, -0.25) is 0 Å². The van der Waals surface area contributed by atoms with Crippen LogP contribution in [0.5, 0.6) is 0 Å². The highest BCUT2D eigenvalue weighted by Crippen LogP contribution is 2.15. The number of benzene rings is 1. The smallest absolute Gasteiger partial charge is 0.123 e. The van der Waals surface area contributed by atoms with E-state index in [9.17, 15) is 4.39 Å². The predicted octanol–water partition coefficient (Wildman–Crippen LogP) is 2.12. The van der Waals surface area contributed by atoms with Crippen LogP contribution in [0.3, 0.4) is 0 Å². The van der Waals surface area contributed by atoms with Crippen molar-refractivity contribution in [3.05, 3.63) is 35.6 Å². The summed E-state index contributed by atoms with van der Waals surface area (Å²) in [6.07, 6.45) is 1.44. The molecule has 0 radical (unpaired) electrons. The van der Waals surface area contributed by atoms with E-state index in [0.29, 0.717) is 13.0 Å². The summed E-state index contributed by atoms with van der Waals surface area (Å²) in [6, 6.07) is 6.54. The molecule has 0 aliphatic rings. The fourth-order valence-corrected chi connectivity index (χ4v) is 1.62. The lowest BCUT2D eigenvalue weighted by Gasteiger charge is -2.27. The summed E-state index contributed by atoms with van der Waals surface area (Å²) in [6.45, 7) is 2.50. The molecule has 0 bridgehead atoms. The molecule has 0 amide bonds. The third kappa shape index (κ3) is 3.61. The minimum absolute atomic E-state index is 0.219. The molecule has 2 nitrogen and oxygen atoms in total. The summed E-state index contributed by atoms with van der Waals surface area (Å²) in [5.41, 5.74) is 6.66. The molecule has 1 aromatic carbocycles. The lowest BCUT2D eigenvalue weighted by atomic mass is 9.90. The van der Waals surface area contributed by atoms with Gasteiger partial charge in [0.1, 0.15) is 5.82 Å². The topological polar surface area (TPSA) is 35.2 Å². The highest BCUT2D eigenvalue weighted by molar-refractivity contribution is 5.19. The van der Waals surface area contributed by atoms with Gasteiger partial charge in [-0.25, -0.2) is 4.39 Å². The van der Waals surface area contributed by atoms with Crippen LogP contribution in [0.4, 0.5) is 4.39 Å². The Labute approximate surface area is 90.2 Å². The van der Waals surface area contributed by atoms with Gasteiger partial charge in [-0.2, -0.15) is 0 Å². The van der Waals surface area contributed by atoms with E-state index >= 15 is 0 Å². The average molecular weight is 211 g/mol. The molecule has 0 aromatic heterocycles. The third-order valence-corrected chi connectivity index (χ3v) is 2.58. The lowest BCUT2D eigenvalue weighted by molar-refractivity contribution is 0.129. The van der Waals surface area contributed by atoms with Crippen molar-refractivity contribution in [2.75, 3.05) is 13.7 Å². The minimum atomic E-state index is -0.400. The molecule has 84 valence electrons. The maximum atomic E-state index is 13.0. The van der Waals surface area contributed by atoms with Crippen LogP contribution >= 0.6 is 0 Å². The predicted molar refractivity (Wildman–Crippen MR) is 59.2 cm³/mol. The second-order valence-corrected chi connectivity index (χ2v) is 3.96. The Morgan fingerprint density at radius 3 is 2.73 bits per heavy atom. The summed E-state index contributed by atoms with van der Waals surface area (Å²) in [7, 11) is 1.63. The van der Waals surface area contributed by atoms with Crippen molar-refractivity contribution < 1.29 is 9.13 Å². The summed E-state index contributed by atoms with van der Waals surface area (Å²) >= 11 is 0. The van der Waals surface area contributed by atoms with Crippen molar-refractivity contribution in [1.82, 2.24) is 0 Å². The van der Waals surface area contributed by atoms with Crippen LogP contribution in [-0.2, 0) is 11.2 Å². The molecule has 0 spiro atoms. The van der Waals surface area contributed by atoms with Crippen molar-refractivity contribution in [2.24, 2.45) is 5.73 Å². The molecule has 0 heterocycles. The molecular weight excluding hydrogens is 193 g/mol. The molecule has 1 atom stereocenters. The van der Waals surface area contributed by atoms with Crippen molar-refractivity contribution >= 4 is 0 Å². The van der Waals surface area contributed by atoms with E-state index in [4.69, 9.17) is 10.5 Å². The van der Waals surface area contributed by atoms with Gasteiger partial charge in [-0.05, 0) is 30.5 Å². The maximum Gasteiger partial charge on any atom is 0.123 e. The zero-order chi connectivity index (χ0) is 11.3. The van der Waals surface area contributed by atoms with Crippen LogP contribution in [0.15, 0.2) is 24.3 Å². The first-order chi connectivity index (χ1) is 7.09. The second-order valence-electron chi connectivity index (χ2n) is 3.96. The molecule has 0 saturated carbocycles. The highest BCUT2D eigenvalue weighted by atomic mass is 19.1. The number of ether oxygens (including phenoxy) is 1. The summed E-state index contributed by atoms with van der Waals surface area (Å²) in [5.74, 6) is -0.219. The third-order valence-electron chi connectivity index (χ3n) is 2.58. The molecule has 1 rings (SSSR count). The van der Waals surface area contributed by atoms with Gasteiger partial charge < -0.3 is 10.5 Å². The molecule has 0 aliphatic heterocycles. The average Bonchev–Trinajstić information content (AvgIpc) is 2.18. The highest BCUT2D eigenvalue weighted by Gasteiger charge is 2.23. The van der Waals surface area contributed by atoms with E-state index in [2.05, 4.69) is 0 Å². The summed E-state index contributed by atoms with van der Waals surface area (Å²) in [4.78, 5) is 0. The zero-order valence-electron chi connectivity index (χ0n) is 9.29. The van der Waals surface area contributed by atoms with Crippen molar-refractivity contribution in [3.8, 4) is 0 Å². The monoisotopic (exact) mass is 211 g/mol. The van der Waals surface area contributed by atoms with Gasteiger partial charge in [0.05, 0.1) is 6.61 Å². The van der Waals surface area contributed by atoms with Gasteiger partial charge in [0, 0.05) is 12.6 Å². The standard InChI is InChI=1S/C12H18FNO/c1-3-12(14,9-15-2)8-10-5-4-6-11(13)7-10/h4-7H,3,8-9,14H2,1-2H3. The van der Waals surface area contributed by atoms with Crippen LogP contribution in [0.25, 0.3) is 0 Å². The normalized spacial score (nSPS) is 14.9. The summed E-state index contributed by atoms with van der Waals surface area (Å²) in [5, 5.41) is 0. The Morgan fingerprint density at radius 2 is 2.20 bits per heavy atom. The van der Waals surface area contributed by atoms with E-state index in [1.807, 2.05) is 13.0 Å². The molecular formula is C12H18FNO. The Balaban J connectivity index is 2.74. The first kappa shape index (κ1) is 12.1. The first-order valence-corrected chi connectivity index (χ1v) is 5.12. The van der Waals surface area contributed by atoms with E-state index in [1.54, 1.807) is 13.2 Å². The molecule has 15 heavy (non-hydrogen) atoms. The number of hydrogen-bond donors (Lipinski definition) is 1. The first-order valence-electron chi connectivity index (χ1n) is 5.12. The van der Waals surface area contributed by atoms with E-state index in [0.717, 1.165) is 12.0 Å². The Kier molecular flexibility index (Phi) is 4.24. The molecule has 2 N–H and O–H groups in total. The number of halogens is 1. The molecule has 0 fully saturated rings. The SMILES string of the molecule is CCC(N)(COC)Cc1cccc(F)c1. The summed E-state index contributed by atoms with van der Waals surface area (Å²) < 4.78 is 18.0. The molecule has 1 unspecified atom stereocenters. The minimum Gasteiger partial charge on any atom is -0.383 e. The van der Waals surface area contributed by atoms with Crippen molar-refractivity contribution in [3.63, 3.8) is 0 Å². The van der Waals surface area contributed by atoms with E-state index in [-0.39, 0.29) is 5.82 Å². The fourth-order valence-electron chi connectivity index (χ4n) is 1.62. The Hall–Kier alpha value is -0.930. The number of hydrogen-bond acceptors (Lipinski definition) is 2. The van der Waals surface area contributed by atoms with Crippen LogP contribution in [-0.4, -0.2) is 19.3 Å². The van der Waals surface area contributed by atoms with Crippen molar-refractivity contribution in [2.45, 2.75) is 25.3 Å². The second kappa shape index (κ2) is 5.24. The quantitative estimate of drug-likeness (QED) is 0.809. The molecule has 1 aromatic rings. The van der Waals surface area contributed by atoms with Crippen LogP contribution < -0.4 is 5.73 Å². The molecule has 3 heteroatoms. The fraction of sp³-hybridized carbons (Fsp3) is 0.500. The zero-order valence-corrected chi connectivity index (χ0v) is 9.29. The number of methoxy groups -OCH3 is 1.